The van der Waals surface area contributed by atoms with Crippen molar-refractivity contribution in [3.05, 3.63) is 58.9 Å². The molecule has 1 amide bonds. The monoisotopic (exact) mass is 411 g/mol. The Morgan fingerprint density at radius 2 is 1.97 bits per heavy atom. The molecule has 0 spiro atoms. The molecule has 1 N–H and O–H groups in total. The fourth-order valence-corrected chi connectivity index (χ4v) is 3.64. The Balaban J connectivity index is 1.51. The van der Waals surface area contributed by atoms with E-state index in [1.54, 1.807) is 33.1 Å². The molecule has 3 rings (SSSR count). The number of esters is 1. The number of piperidine rings is 1. The summed E-state index contributed by atoms with van der Waals surface area (Å²) < 4.78 is 10.3. The molecule has 1 aromatic heterocycles. The van der Waals surface area contributed by atoms with Gasteiger partial charge in [0.05, 0.1) is 25.0 Å². The lowest BCUT2D eigenvalue weighted by Gasteiger charge is -2.32. The Hall–Kier alpha value is -2.93. The number of hydrogen-bond donors (Lipinski definition) is 1. The summed E-state index contributed by atoms with van der Waals surface area (Å²) in [6, 6.07) is 11.4. The highest BCUT2D eigenvalue weighted by molar-refractivity contribution is 5.95. The summed E-state index contributed by atoms with van der Waals surface area (Å²) in [5.41, 5.74) is 2.42. The standard InChI is InChI=1S/C23H29N3O4/c1-4-30-23(28)20-8-9-21(24-16(20)2)22(27)25-18-10-12-26(13-11-18)15-17-6-5-7-19(14-17)29-3/h5-9,14,18H,4,10-13,15H2,1-3H3,(H,25,27). The van der Waals surface area contributed by atoms with Crippen molar-refractivity contribution >= 4 is 11.9 Å². The largest absolute Gasteiger partial charge is 0.497 e. The summed E-state index contributed by atoms with van der Waals surface area (Å²) in [4.78, 5) is 31.2. The van der Waals surface area contributed by atoms with E-state index in [0.29, 0.717) is 23.6 Å². The first-order valence-corrected chi connectivity index (χ1v) is 10.3. The number of amides is 1. The van der Waals surface area contributed by atoms with E-state index < -0.39 is 5.97 Å². The van der Waals surface area contributed by atoms with Gasteiger partial charge in [-0.15, -0.1) is 0 Å². The van der Waals surface area contributed by atoms with Crippen molar-refractivity contribution in [2.24, 2.45) is 0 Å². The van der Waals surface area contributed by atoms with Crippen molar-refractivity contribution in [2.45, 2.75) is 39.3 Å². The number of likely N-dealkylation sites (tertiary alicyclic amines) is 1. The third-order valence-corrected chi connectivity index (χ3v) is 5.28. The van der Waals surface area contributed by atoms with Crippen molar-refractivity contribution in [1.29, 1.82) is 0 Å². The first kappa shape index (κ1) is 21.8. The van der Waals surface area contributed by atoms with E-state index in [9.17, 15) is 9.59 Å². The van der Waals surface area contributed by atoms with Crippen LogP contribution in [0.25, 0.3) is 0 Å². The second-order valence-corrected chi connectivity index (χ2v) is 7.43. The van der Waals surface area contributed by atoms with E-state index >= 15 is 0 Å². The topological polar surface area (TPSA) is 80.8 Å². The van der Waals surface area contributed by atoms with Crippen molar-refractivity contribution in [3.8, 4) is 5.75 Å². The number of methoxy groups -OCH3 is 1. The molecule has 0 radical (unpaired) electrons. The van der Waals surface area contributed by atoms with Gasteiger partial charge in [0.1, 0.15) is 11.4 Å². The van der Waals surface area contributed by atoms with E-state index in [1.807, 2.05) is 12.1 Å². The molecule has 1 aliphatic heterocycles. The van der Waals surface area contributed by atoms with Crippen LogP contribution in [0.4, 0.5) is 0 Å². The number of nitrogens with zero attached hydrogens (tertiary/aromatic N) is 2. The van der Waals surface area contributed by atoms with Crippen LogP contribution >= 0.6 is 0 Å². The third kappa shape index (κ3) is 5.57. The van der Waals surface area contributed by atoms with Crippen LogP contribution < -0.4 is 10.1 Å². The predicted molar refractivity (Wildman–Crippen MR) is 114 cm³/mol. The van der Waals surface area contributed by atoms with Crippen LogP contribution in [-0.2, 0) is 11.3 Å². The van der Waals surface area contributed by atoms with Gasteiger partial charge < -0.3 is 14.8 Å². The molecular weight excluding hydrogens is 382 g/mol. The third-order valence-electron chi connectivity index (χ3n) is 5.28. The minimum atomic E-state index is -0.419. The number of carbonyl (C=O) groups excluding carboxylic acids is 2. The molecule has 1 aromatic carbocycles. The van der Waals surface area contributed by atoms with Gasteiger partial charge in [-0.25, -0.2) is 9.78 Å². The Bertz CT molecular complexity index is 892. The van der Waals surface area contributed by atoms with Crippen LogP contribution in [0.2, 0.25) is 0 Å². The Morgan fingerprint density at radius 1 is 1.20 bits per heavy atom. The highest BCUT2D eigenvalue weighted by Gasteiger charge is 2.22. The first-order chi connectivity index (χ1) is 14.5. The van der Waals surface area contributed by atoms with Crippen LogP contribution in [0.5, 0.6) is 5.75 Å². The number of aromatic nitrogens is 1. The van der Waals surface area contributed by atoms with Gasteiger partial charge in [0, 0.05) is 25.7 Å². The highest BCUT2D eigenvalue weighted by Crippen LogP contribution is 2.18. The van der Waals surface area contributed by atoms with Gasteiger partial charge in [0.25, 0.3) is 5.91 Å². The van der Waals surface area contributed by atoms with Gasteiger partial charge in [-0.05, 0) is 56.5 Å². The molecule has 7 heteroatoms. The number of aryl methyl sites for hydroxylation is 1. The molecule has 0 atom stereocenters. The molecule has 0 aliphatic carbocycles. The summed E-state index contributed by atoms with van der Waals surface area (Å²) in [6.45, 7) is 6.46. The number of carbonyl (C=O) groups is 2. The van der Waals surface area contributed by atoms with E-state index in [2.05, 4.69) is 27.3 Å². The van der Waals surface area contributed by atoms with Gasteiger partial charge in [-0.2, -0.15) is 0 Å². The van der Waals surface area contributed by atoms with Crippen LogP contribution in [0.1, 0.15) is 51.9 Å². The van der Waals surface area contributed by atoms with Crippen molar-refractivity contribution in [2.75, 3.05) is 26.8 Å². The van der Waals surface area contributed by atoms with Gasteiger partial charge in [-0.3, -0.25) is 9.69 Å². The van der Waals surface area contributed by atoms with Gasteiger partial charge in [0.2, 0.25) is 0 Å². The lowest BCUT2D eigenvalue weighted by Crippen LogP contribution is -2.44. The van der Waals surface area contributed by atoms with Crippen LogP contribution in [-0.4, -0.2) is 54.6 Å². The van der Waals surface area contributed by atoms with E-state index in [1.165, 1.54) is 5.56 Å². The minimum absolute atomic E-state index is 0.117. The normalized spacial score (nSPS) is 14.9. The van der Waals surface area contributed by atoms with E-state index in [0.717, 1.165) is 38.2 Å². The van der Waals surface area contributed by atoms with Crippen molar-refractivity contribution in [3.63, 3.8) is 0 Å². The number of nitrogens with one attached hydrogen (secondary N) is 1. The molecule has 1 aliphatic rings. The SMILES string of the molecule is CCOC(=O)c1ccc(C(=O)NC2CCN(Cc3cccc(OC)c3)CC2)nc1C. The van der Waals surface area contributed by atoms with Crippen LogP contribution in [0, 0.1) is 6.92 Å². The first-order valence-electron chi connectivity index (χ1n) is 10.3. The number of pyridine rings is 1. The van der Waals surface area contributed by atoms with Crippen LogP contribution in [0.15, 0.2) is 36.4 Å². The zero-order valence-electron chi connectivity index (χ0n) is 17.8. The number of hydrogen-bond acceptors (Lipinski definition) is 6. The minimum Gasteiger partial charge on any atom is -0.497 e. The Morgan fingerprint density at radius 3 is 2.63 bits per heavy atom. The van der Waals surface area contributed by atoms with E-state index in [-0.39, 0.29) is 11.9 Å². The molecule has 0 unspecified atom stereocenters. The molecule has 2 heterocycles. The zero-order chi connectivity index (χ0) is 21.5. The average molecular weight is 412 g/mol. The molecule has 0 saturated carbocycles. The van der Waals surface area contributed by atoms with Gasteiger partial charge in [0.15, 0.2) is 0 Å². The van der Waals surface area contributed by atoms with Crippen LogP contribution in [0.3, 0.4) is 0 Å². The summed E-state index contributed by atoms with van der Waals surface area (Å²) >= 11 is 0. The quantitative estimate of drug-likeness (QED) is 0.706. The highest BCUT2D eigenvalue weighted by atomic mass is 16.5. The number of benzene rings is 1. The fraction of sp³-hybridized carbons (Fsp3) is 0.435. The molecule has 160 valence electrons. The van der Waals surface area contributed by atoms with Gasteiger partial charge >= 0.3 is 5.97 Å². The number of rotatable bonds is 7. The molecule has 1 fully saturated rings. The van der Waals surface area contributed by atoms with Gasteiger partial charge in [-0.1, -0.05) is 12.1 Å². The molecule has 2 aromatic rings. The van der Waals surface area contributed by atoms with E-state index in [4.69, 9.17) is 9.47 Å². The van der Waals surface area contributed by atoms with Crippen molar-refractivity contribution in [1.82, 2.24) is 15.2 Å². The Labute approximate surface area is 177 Å². The lowest BCUT2D eigenvalue weighted by molar-refractivity contribution is 0.0524. The maximum atomic E-state index is 12.6. The second kappa shape index (κ2) is 10.2. The summed E-state index contributed by atoms with van der Waals surface area (Å²) in [6.07, 6.45) is 1.77. The molecular formula is C23H29N3O4. The fourth-order valence-electron chi connectivity index (χ4n) is 3.64. The molecule has 0 bridgehead atoms. The average Bonchev–Trinajstić information content (AvgIpc) is 2.75. The van der Waals surface area contributed by atoms with Crippen molar-refractivity contribution < 1.29 is 19.1 Å². The summed E-state index contributed by atoms with van der Waals surface area (Å²) in [5.74, 6) is 0.240. The summed E-state index contributed by atoms with van der Waals surface area (Å²) in [7, 11) is 1.67. The molecule has 30 heavy (non-hydrogen) atoms. The Kier molecular flexibility index (Phi) is 7.41. The summed E-state index contributed by atoms with van der Waals surface area (Å²) in [5, 5.41) is 3.07. The molecule has 7 nitrogen and oxygen atoms in total. The second-order valence-electron chi connectivity index (χ2n) is 7.43. The predicted octanol–water partition coefficient (Wildman–Crippen LogP) is 2.97. The lowest BCUT2D eigenvalue weighted by atomic mass is 10.0. The maximum absolute atomic E-state index is 12.6. The zero-order valence-corrected chi connectivity index (χ0v) is 17.8. The maximum Gasteiger partial charge on any atom is 0.339 e. The smallest absolute Gasteiger partial charge is 0.339 e. The molecule has 1 saturated heterocycles. The number of ether oxygens (including phenoxy) is 2.